The van der Waals surface area contributed by atoms with Gasteiger partial charge in [-0.15, -0.1) is 10.2 Å². The van der Waals surface area contributed by atoms with Gasteiger partial charge in [-0.3, -0.25) is 4.57 Å². The summed E-state index contributed by atoms with van der Waals surface area (Å²) >= 11 is 1.66. The van der Waals surface area contributed by atoms with E-state index in [9.17, 15) is 0 Å². The smallest absolute Gasteiger partial charge is 0.196 e. The molecule has 6 heteroatoms. The lowest BCUT2D eigenvalue weighted by atomic mass is 10.2. The van der Waals surface area contributed by atoms with Crippen molar-refractivity contribution in [1.29, 1.82) is 0 Å². The maximum Gasteiger partial charge on any atom is 0.196 e. The largest absolute Gasteiger partial charge is 0.485 e. The summed E-state index contributed by atoms with van der Waals surface area (Å²) in [5, 5.41) is 9.80. The number of para-hydroxylation sites is 3. The molecule has 0 amide bonds. The van der Waals surface area contributed by atoms with E-state index in [0.717, 1.165) is 33.9 Å². The van der Waals surface area contributed by atoms with E-state index < -0.39 is 0 Å². The molecule has 0 N–H and O–H groups in total. The van der Waals surface area contributed by atoms with Crippen molar-refractivity contribution in [2.24, 2.45) is 0 Å². The predicted molar refractivity (Wildman–Crippen MR) is 113 cm³/mol. The van der Waals surface area contributed by atoms with Crippen LogP contribution in [-0.4, -0.2) is 21.4 Å². The lowest BCUT2D eigenvalue weighted by Crippen LogP contribution is -2.24. The summed E-state index contributed by atoms with van der Waals surface area (Å²) in [6.07, 6.45) is -0.330. The fourth-order valence-corrected chi connectivity index (χ4v) is 4.19. The van der Waals surface area contributed by atoms with Gasteiger partial charge in [0.15, 0.2) is 28.6 Å². The van der Waals surface area contributed by atoms with Gasteiger partial charge in [-0.25, -0.2) is 0 Å². The molecule has 3 aromatic carbocycles. The van der Waals surface area contributed by atoms with Crippen molar-refractivity contribution in [2.75, 3.05) is 6.61 Å². The number of thioether (sulfide) groups is 1. The zero-order chi connectivity index (χ0) is 19.5. The molecule has 1 aliphatic rings. The highest BCUT2D eigenvalue weighted by atomic mass is 32.2. The standard InChI is InChI=1S/C23H19N3O2S/c1-3-9-17(10-4-1)16-29-23-25-24-22(26(23)18-11-5-2-6-12-18)21-15-27-19-13-7-8-14-20(19)28-21/h1-14,21H,15-16H2/t21-/m1/s1. The number of rotatable bonds is 5. The first-order chi connectivity index (χ1) is 14.4. The molecular weight excluding hydrogens is 382 g/mol. The minimum absolute atomic E-state index is 0.330. The Kier molecular flexibility index (Phi) is 4.92. The molecule has 0 bridgehead atoms. The highest BCUT2D eigenvalue weighted by Crippen LogP contribution is 2.37. The number of nitrogens with zero attached hydrogens (tertiary/aromatic N) is 3. The van der Waals surface area contributed by atoms with Crippen molar-refractivity contribution in [3.63, 3.8) is 0 Å². The van der Waals surface area contributed by atoms with Gasteiger partial charge in [0, 0.05) is 11.4 Å². The predicted octanol–water partition coefficient (Wildman–Crippen LogP) is 5.07. The fourth-order valence-electron chi connectivity index (χ4n) is 3.27. The van der Waals surface area contributed by atoms with E-state index in [4.69, 9.17) is 9.47 Å². The Morgan fingerprint density at radius 2 is 1.52 bits per heavy atom. The van der Waals surface area contributed by atoms with Gasteiger partial charge in [-0.05, 0) is 29.8 Å². The van der Waals surface area contributed by atoms with E-state index in [1.807, 2.05) is 60.7 Å². The second-order valence-corrected chi connectivity index (χ2v) is 7.59. The lowest BCUT2D eigenvalue weighted by Gasteiger charge is -2.26. The van der Waals surface area contributed by atoms with Crippen molar-refractivity contribution in [1.82, 2.24) is 14.8 Å². The minimum Gasteiger partial charge on any atom is -0.485 e. The fraction of sp³-hybridized carbons (Fsp3) is 0.130. The first kappa shape index (κ1) is 17.8. The number of hydrogen-bond donors (Lipinski definition) is 0. The van der Waals surface area contributed by atoms with Gasteiger partial charge in [0.1, 0.15) is 6.61 Å². The molecule has 29 heavy (non-hydrogen) atoms. The molecule has 1 aliphatic heterocycles. The van der Waals surface area contributed by atoms with Crippen LogP contribution in [0.5, 0.6) is 11.5 Å². The number of fused-ring (bicyclic) bond motifs is 1. The molecule has 1 atom stereocenters. The third-order valence-corrected chi connectivity index (χ3v) is 5.68. The SMILES string of the molecule is c1ccc(CSc2nnc([C@H]3COc4ccccc4O3)n2-c2ccccc2)cc1. The Morgan fingerprint density at radius 1 is 0.828 bits per heavy atom. The summed E-state index contributed by atoms with van der Waals surface area (Å²) in [5.41, 5.74) is 2.25. The van der Waals surface area contributed by atoms with Gasteiger partial charge in [-0.2, -0.15) is 0 Å². The van der Waals surface area contributed by atoms with Gasteiger partial charge in [0.05, 0.1) is 0 Å². The molecular formula is C23H19N3O2S. The molecule has 144 valence electrons. The van der Waals surface area contributed by atoms with E-state index in [1.54, 1.807) is 11.8 Å². The first-order valence-electron chi connectivity index (χ1n) is 9.44. The second-order valence-electron chi connectivity index (χ2n) is 6.65. The van der Waals surface area contributed by atoms with E-state index in [1.165, 1.54) is 5.56 Å². The normalized spacial score (nSPS) is 15.2. The van der Waals surface area contributed by atoms with E-state index in [2.05, 4.69) is 39.0 Å². The quantitative estimate of drug-likeness (QED) is 0.437. The van der Waals surface area contributed by atoms with Crippen LogP contribution >= 0.6 is 11.8 Å². The molecule has 0 fully saturated rings. The summed E-state index contributed by atoms with van der Waals surface area (Å²) in [6.45, 7) is 0.394. The van der Waals surface area contributed by atoms with Crippen LogP contribution in [0.3, 0.4) is 0 Å². The Morgan fingerprint density at radius 3 is 2.31 bits per heavy atom. The summed E-state index contributed by atoms with van der Waals surface area (Å²) in [6, 6.07) is 28.2. The number of hydrogen-bond acceptors (Lipinski definition) is 5. The van der Waals surface area contributed by atoms with E-state index >= 15 is 0 Å². The van der Waals surface area contributed by atoms with Gasteiger partial charge in [-0.1, -0.05) is 72.4 Å². The minimum atomic E-state index is -0.330. The zero-order valence-corrected chi connectivity index (χ0v) is 16.5. The van der Waals surface area contributed by atoms with Crippen molar-refractivity contribution < 1.29 is 9.47 Å². The van der Waals surface area contributed by atoms with Gasteiger partial charge < -0.3 is 9.47 Å². The average molecular weight is 401 g/mol. The van der Waals surface area contributed by atoms with Crippen LogP contribution in [0.15, 0.2) is 90.1 Å². The van der Waals surface area contributed by atoms with Crippen LogP contribution in [0.25, 0.3) is 5.69 Å². The number of aromatic nitrogens is 3. The van der Waals surface area contributed by atoms with Crippen molar-refractivity contribution in [3.8, 4) is 17.2 Å². The molecule has 0 saturated carbocycles. The van der Waals surface area contributed by atoms with Gasteiger partial charge >= 0.3 is 0 Å². The van der Waals surface area contributed by atoms with Crippen LogP contribution in [0.1, 0.15) is 17.5 Å². The summed E-state index contributed by atoms with van der Waals surface area (Å²) in [5.74, 6) is 3.04. The molecule has 5 nitrogen and oxygen atoms in total. The molecule has 0 aliphatic carbocycles. The van der Waals surface area contributed by atoms with Gasteiger partial charge in [0.2, 0.25) is 0 Å². The Bertz CT molecular complexity index is 1100. The number of ether oxygens (including phenoxy) is 2. The molecule has 0 unspecified atom stereocenters. The summed E-state index contributed by atoms with van der Waals surface area (Å²) < 4.78 is 14.2. The van der Waals surface area contributed by atoms with Crippen LogP contribution in [0.2, 0.25) is 0 Å². The topological polar surface area (TPSA) is 49.2 Å². The van der Waals surface area contributed by atoms with E-state index in [0.29, 0.717) is 6.61 Å². The molecule has 0 spiro atoms. The maximum absolute atomic E-state index is 6.20. The zero-order valence-electron chi connectivity index (χ0n) is 15.6. The molecule has 5 rings (SSSR count). The Balaban J connectivity index is 1.48. The van der Waals surface area contributed by atoms with Crippen LogP contribution in [-0.2, 0) is 5.75 Å². The van der Waals surface area contributed by atoms with E-state index in [-0.39, 0.29) is 6.10 Å². The first-order valence-corrected chi connectivity index (χ1v) is 10.4. The molecule has 0 radical (unpaired) electrons. The van der Waals surface area contributed by atoms with Crippen molar-refractivity contribution in [2.45, 2.75) is 17.0 Å². The molecule has 2 heterocycles. The van der Waals surface area contributed by atoms with Gasteiger partial charge in [0.25, 0.3) is 0 Å². The maximum atomic E-state index is 6.20. The monoisotopic (exact) mass is 401 g/mol. The molecule has 0 saturated heterocycles. The lowest BCUT2D eigenvalue weighted by molar-refractivity contribution is 0.0835. The second kappa shape index (κ2) is 8.01. The number of benzene rings is 3. The van der Waals surface area contributed by atoms with Crippen LogP contribution in [0, 0.1) is 0 Å². The third-order valence-electron chi connectivity index (χ3n) is 4.68. The Hall–Kier alpha value is -3.25. The summed E-state index contributed by atoms with van der Waals surface area (Å²) in [7, 11) is 0. The Labute approximate surface area is 173 Å². The molecule has 1 aromatic heterocycles. The third kappa shape index (κ3) is 3.71. The van der Waals surface area contributed by atoms with Crippen molar-refractivity contribution >= 4 is 11.8 Å². The highest BCUT2D eigenvalue weighted by Gasteiger charge is 2.29. The van der Waals surface area contributed by atoms with Crippen LogP contribution in [0.4, 0.5) is 0 Å². The van der Waals surface area contributed by atoms with Crippen LogP contribution < -0.4 is 9.47 Å². The average Bonchev–Trinajstić information content (AvgIpc) is 3.22. The highest BCUT2D eigenvalue weighted by molar-refractivity contribution is 7.98. The molecule has 4 aromatic rings. The van der Waals surface area contributed by atoms with Crippen molar-refractivity contribution in [3.05, 3.63) is 96.3 Å². The summed E-state index contributed by atoms with van der Waals surface area (Å²) in [4.78, 5) is 0.